The molecule has 3 aromatic carbocycles. The van der Waals surface area contributed by atoms with Crippen LogP contribution in [0.15, 0.2) is 69.7 Å². The summed E-state index contributed by atoms with van der Waals surface area (Å²) < 4.78 is 12.1. The molecule has 5 heteroatoms. The fourth-order valence-corrected chi connectivity index (χ4v) is 3.21. The second-order valence-corrected chi connectivity index (χ2v) is 6.56. The van der Waals surface area contributed by atoms with E-state index in [0.29, 0.717) is 11.7 Å². The van der Waals surface area contributed by atoms with Gasteiger partial charge < -0.3 is 9.26 Å². The third-order valence-electron chi connectivity index (χ3n) is 3.96. The van der Waals surface area contributed by atoms with Crippen molar-refractivity contribution >= 4 is 26.7 Å². The lowest BCUT2D eigenvalue weighted by Gasteiger charge is -2.08. The van der Waals surface area contributed by atoms with Crippen LogP contribution >= 0.6 is 15.9 Å². The molecule has 0 N–H and O–H groups in total. The lowest BCUT2D eigenvalue weighted by molar-refractivity contribution is 0.242. The zero-order chi connectivity index (χ0) is 17.2. The van der Waals surface area contributed by atoms with Crippen molar-refractivity contribution in [2.75, 3.05) is 0 Å². The monoisotopic (exact) mass is 394 g/mol. The van der Waals surface area contributed by atoms with E-state index < -0.39 is 0 Å². The number of hydrogen-bond acceptors (Lipinski definition) is 4. The third-order valence-corrected chi connectivity index (χ3v) is 4.77. The molecule has 25 heavy (non-hydrogen) atoms. The normalized spacial score (nSPS) is 11.0. The van der Waals surface area contributed by atoms with Gasteiger partial charge >= 0.3 is 0 Å². The summed E-state index contributed by atoms with van der Waals surface area (Å²) in [6, 6.07) is 20.1. The van der Waals surface area contributed by atoms with Crippen molar-refractivity contribution < 1.29 is 9.26 Å². The Bertz CT molecular complexity index is 1030. The minimum absolute atomic E-state index is 0.218. The topological polar surface area (TPSA) is 48.2 Å². The second kappa shape index (κ2) is 6.69. The van der Waals surface area contributed by atoms with Gasteiger partial charge in [-0.15, -0.1) is 0 Å². The van der Waals surface area contributed by atoms with Crippen LogP contribution in [-0.2, 0) is 6.61 Å². The molecule has 0 radical (unpaired) electrons. The average molecular weight is 395 g/mol. The lowest BCUT2D eigenvalue weighted by atomic mass is 10.1. The van der Waals surface area contributed by atoms with E-state index in [2.05, 4.69) is 38.2 Å². The van der Waals surface area contributed by atoms with Crippen LogP contribution in [0.3, 0.4) is 0 Å². The summed E-state index contributed by atoms with van der Waals surface area (Å²) in [4.78, 5) is 4.40. The van der Waals surface area contributed by atoms with Gasteiger partial charge in [0.05, 0.1) is 4.47 Å². The number of aromatic nitrogens is 2. The van der Waals surface area contributed by atoms with Gasteiger partial charge in [0, 0.05) is 5.56 Å². The van der Waals surface area contributed by atoms with E-state index in [4.69, 9.17) is 9.26 Å². The van der Waals surface area contributed by atoms with Crippen molar-refractivity contribution in [1.29, 1.82) is 0 Å². The first-order valence-electron chi connectivity index (χ1n) is 7.90. The van der Waals surface area contributed by atoms with Crippen LogP contribution in [0, 0.1) is 6.92 Å². The van der Waals surface area contributed by atoms with Gasteiger partial charge in [-0.25, -0.2) is 0 Å². The van der Waals surface area contributed by atoms with Crippen LogP contribution in [-0.4, -0.2) is 10.1 Å². The summed E-state index contributed by atoms with van der Waals surface area (Å²) >= 11 is 3.61. The number of aryl methyl sites for hydroxylation is 1. The molecule has 0 bridgehead atoms. The van der Waals surface area contributed by atoms with Crippen molar-refractivity contribution in [2.45, 2.75) is 13.5 Å². The number of hydrogen-bond donors (Lipinski definition) is 0. The highest BCUT2D eigenvalue weighted by Crippen LogP contribution is 2.33. The Morgan fingerprint density at radius 1 is 1.00 bits per heavy atom. The summed E-state index contributed by atoms with van der Waals surface area (Å²) in [6.07, 6.45) is 0. The maximum absolute atomic E-state index is 5.86. The molecule has 1 heterocycles. The minimum atomic E-state index is 0.218. The van der Waals surface area contributed by atoms with Gasteiger partial charge in [-0.2, -0.15) is 4.98 Å². The Morgan fingerprint density at radius 2 is 1.80 bits per heavy atom. The molecule has 0 atom stereocenters. The lowest BCUT2D eigenvalue weighted by Crippen LogP contribution is -1.96. The average Bonchev–Trinajstić information content (AvgIpc) is 3.11. The van der Waals surface area contributed by atoms with Gasteiger partial charge in [0.2, 0.25) is 5.82 Å². The van der Waals surface area contributed by atoms with Gasteiger partial charge in [-0.05, 0) is 39.7 Å². The zero-order valence-corrected chi connectivity index (χ0v) is 15.2. The van der Waals surface area contributed by atoms with Crippen molar-refractivity contribution in [3.8, 4) is 17.1 Å². The standard InChI is InChI=1S/C20H15BrN2O2/c1-13-6-8-15(9-7-13)20-22-18(25-23-20)12-24-17-11-10-14-4-2-3-5-16(14)19(17)21/h2-11H,12H2,1H3. The molecule has 0 saturated heterocycles. The molecule has 0 unspecified atom stereocenters. The zero-order valence-electron chi connectivity index (χ0n) is 13.6. The van der Waals surface area contributed by atoms with Crippen LogP contribution < -0.4 is 4.74 Å². The number of halogens is 1. The van der Waals surface area contributed by atoms with Crippen LogP contribution in [0.25, 0.3) is 22.2 Å². The van der Waals surface area contributed by atoms with Gasteiger partial charge in [0.15, 0.2) is 6.61 Å². The molecule has 4 nitrogen and oxygen atoms in total. The summed E-state index contributed by atoms with van der Waals surface area (Å²) in [5, 5.41) is 6.28. The first-order valence-corrected chi connectivity index (χ1v) is 8.70. The molecule has 0 amide bonds. The van der Waals surface area contributed by atoms with E-state index in [1.54, 1.807) is 0 Å². The molecule has 0 saturated carbocycles. The molecule has 0 aliphatic heterocycles. The highest BCUT2D eigenvalue weighted by molar-refractivity contribution is 9.10. The van der Waals surface area contributed by atoms with E-state index in [1.807, 2.05) is 55.5 Å². The molecule has 4 rings (SSSR count). The number of benzene rings is 3. The van der Waals surface area contributed by atoms with Crippen molar-refractivity contribution in [1.82, 2.24) is 10.1 Å². The number of rotatable bonds is 4. The fraction of sp³-hybridized carbons (Fsp3) is 0.100. The number of ether oxygens (including phenoxy) is 1. The van der Waals surface area contributed by atoms with Crippen LogP contribution in [0.4, 0.5) is 0 Å². The second-order valence-electron chi connectivity index (χ2n) is 5.77. The molecule has 0 aliphatic rings. The highest BCUT2D eigenvalue weighted by Gasteiger charge is 2.11. The largest absolute Gasteiger partial charge is 0.483 e. The Kier molecular flexibility index (Phi) is 4.24. The van der Waals surface area contributed by atoms with E-state index in [0.717, 1.165) is 26.6 Å². The van der Waals surface area contributed by atoms with E-state index >= 15 is 0 Å². The molecular formula is C20H15BrN2O2. The molecule has 4 aromatic rings. The molecule has 124 valence electrons. The van der Waals surface area contributed by atoms with Crippen molar-refractivity contribution in [3.05, 3.63) is 76.6 Å². The van der Waals surface area contributed by atoms with Gasteiger partial charge in [-0.3, -0.25) is 0 Å². The highest BCUT2D eigenvalue weighted by atomic mass is 79.9. The van der Waals surface area contributed by atoms with Crippen molar-refractivity contribution in [3.63, 3.8) is 0 Å². The molecular weight excluding hydrogens is 380 g/mol. The molecule has 1 aromatic heterocycles. The third kappa shape index (κ3) is 3.28. The quantitative estimate of drug-likeness (QED) is 0.455. The Balaban J connectivity index is 1.52. The maximum Gasteiger partial charge on any atom is 0.264 e. The maximum atomic E-state index is 5.86. The predicted octanol–water partition coefficient (Wildman–Crippen LogP) is 5.54. The van der Waals surface area contributed by atoms with Crippen LogP contribution in [0.2, 0.25) is 0 Å². The number of nitrogens with zero attached hydrogens (tertiary/aromatic N) is 2. The van der Waals surface area contributed by atoms with Crippen molar-refractivity contribution in [2.24, 2.45) is 0 Å². The molecule has 0 fully saturated rings. The van der Waals surface area contributed by atoms with E-state index in [1.165, 1.54) is 5.56 Å². The molecule has 0 spiro atoms. The first kappa shape index (κ1) is 15.8. The van der Waals surface area contributed by atoms with Crippen LogP contribution in [0.5, 0.6) is 5.75 Å². The Morgan fingerprint density at radius 3 is 2.64 bits per heavy atom. The van der Waals surface area contributed by atoms with Gasteiger partial charge in [-0.1, -0.05) is 65.3 Å². The first-order chi connectivity index (χ1) is 12.2. The Hall–Kier alpha value is -2.66. The van der Waals surface area contributed by atoms with E-state index in [-0.39, 0.29) is 6.61 Å². The minimum Gasteiger partial charge on any atom is -0.483 e. The summed E-state index contributed by atoms with van der Waals surface area (Å²) in [7, 11) is 0. The van der Waals surface area contributed by atoms with Gasteiger partial charge in [0.1, 0.15) is 5.75 Å². The fourth-order valence-electron chi connectivity index (χ4n) is 2.60. The Labute approximate surface area is 153 Å². The van der Waals surface area contributed by atoms with Gasteiger partial charge in [0.25, 0.3) is 5.89 Å². The summed E-state index contributed by atoms with van der Waals surface area (Å²) in [5.74, 6) is 1.75. The van der Waals surface area contributed by atoms with Crippen LogP contribution in [0.1, 0.15) is 11.5 Å². The summed E-state index contributed by atoms with van der Waals surface area (Å²) in [5.41, 5.74) is 2.12. The predicted molar refractivity (Wildman–Crippen MR) is 100 cm³/mol. The smallest absolute Gasteiger partial charge is 0.264 e. The molecule has 0 aliphatic carbocycles. The SMILES string of the molecule is Cc1ccc(-c2noc(COc3ccc4ccccc4c3Br)n2)cc1. The summed E-state index contributed by atoms with van der Waals surface area (Å²) in [6.45, 7) is 2.26. The van der Waals surface area contributed by atoms with E-state index in [9.17, 15) is 0 Å². The number of fused-ring (bicyclic) bond motifs is 1.